The quantitative estimate of drug-likeness (QED) is 0.615. The number of hydrazine groups is 1. The van der Waals surface area contributed by atoms with Crippen molar-refractivity contribution in [2.24, 2.45) is 5.84 Å². The van der Waals surface area contributed by atoms with Gasteiger partial charge in [0, 0.05) is 9.50 Å². The highest BCUT2D eigenvalue weighted by atomic mass is 79.9. The van der Waals surface area contributed by atoms with Crippen LogP contribution in [-0.4, -0.2) is 12.6 Å². The van der Waals surface area contributed by atoms with Crippen LogP contribution in [0.5, 0.6) is 5.75 Å². The van der Waals surface area contributed by atoms with Crippen LogP contribution in [-0.2, 0) is 6.42 Å². The van der Waals surface area contributed by atoms with Gasteiger partial charge in [0.05, 0.1) is 6.04 Å². The Hall–Kier alpha value is -1.07. The normalized spacial score (nSPS) is 12.2. The predicted octanol–water partition coefficient (Wildman–Crippen LogP) is 3.56. The smallest absolute Gasteiger partial charge is 0.120 e. The number of nitrogens with one attached hydrogen (secondary N) is 1. The second-order valence-corrected chi connectivity index (χ2v) is 5.81. The summed E-state index contributed by atoms with van der Waals surface area (Å²) < 4.78 is 6.76. The maximum Gasteiger partial charge on any atom is 0.120 e. The molecule has 0 saturated carbocycles. The van der Waals surface area contributed by atoms with Gasteiger partial charge in [0.25, 0.3) is 0 Å². The summed E-state index contributed by atoms with van der Waals surface area (Å²) in [4.78, 5) is 0. The summed E-state index contributed by atoms with van der Waals surface area (Å²) in [6, 6.07) is 15.5. The van der Waals surface area contributed by atoms with E-state index in [9.17, 15) is 0 Å². The molecule has 1 atom stereocenters. The number of rotatable bonds is 6. The van der Waals surface area contributed by atoms with Crippen LogP contribution in [0.25, 0.3) is 0 Å². The molecule has 0 heterocycles. The van der Waals surface area contributed by atoms with Crippen LogP contribution in [0.15, 0.2) is 53.0 Å². The molecule has 0 fully saturated rings. The molecule has 0 aliphatic rings. The van der Waals surface area contributed by atoms with Crippen molar-refractivity contribution in [3.63, 3.8) is 0 Å². The number of benzene rings is 2. The average molecular weight is 356 g/mol. The zero-order valence-electron chi connectivity index (χ0n) is 10.9. The molecule has 20 heavy (non-hydrogen) atoms. The topological polar surface area (TPSA) is 47.3 Å². The monoisotopic (exact) mass is 354 g/mol. The Morgan fingerprint density at radius 3 is 2.60 bits per heavy atom. The highest BCUT2D eigenvalue weighted by Crippen LogP contribution is 2.17. The van der Waals surface area contributed by atoms with Crippen molar-refractivity contribution in [2.45, 2.75) is 12.5 Å². The third kappa shape index (κ3) is 4.80. The molecule has 0 bridgehead atoms. The fourth-order valence-corrected chi connectivity index (χ4v) is 2.27. The first-order valence-electron chi connectivity index (χ1n) is 6.26. The number of hydrogen-bond donors (Lipinski definition) is 2. The SMILES string of the molecule is NNC(COc1cccc(Cl)c1)Cc1ccc(Br)cc1. The summed E-state index contributed by atoms with van der Waals surface area (Å²) >= 11 is 9.33. The third-order valence-corrected chi connectivity index (χ3v) is 3.64. The van der Waals surface area contributed by atoms with Gasteiger partial charge in [-0.3, -0.25) is 11.3 Å². The Balaban J connectivity index is 1.90. The largest absolute Gasteiger partial charge is 0.492 e. The van der Waals surface area contributed by atoms with Gasteiger partial charge in [-0.25, -0.2) is 0 Å². The lowest BCUT2D eigenvalue weighted by Crippen LogP contribution is -2.41. The second kappa shape index (κ2) is 7.64. The van der Waals surface area contributed by atoms with E-state index in [1.165, 1.54) is 5.56 Å². The first-order chi connectivity index (χ1) is 9.67. The van der Waals surface area contributed by atoms with Gasteiger partial charge < -0.3 is 4.74 Å². The molecule has 3 nitrogen and oxygen atoms in total. The van der Waals surface area contributed by atoms with Crippen molar-refractivity contribution >= 4 is 27.5 Å². The maximum atomic E-state index is 5.91. The molecule has 0 saturated heterocycles. The van der Waals surface area contributed by atoms with E-state index in [-0.39, 0.29) is 6.04 Å². The highest BCUT2D eigenvalue weighted by Gasteiger charge is 2.09. The molecule has 2 aromatic carbocycles. The molecule has 5 heteroatoms. The Bertz CT molecular complexity index is 548. The molecular weight excluding hydrogens is 340 g/mol. The molecule has 0 aliphatic carbocycles. The van der Waals surface area contributed by atoms with Crippen molar-refractivity contribution in [1.82, 2.24) is 5.43 Å². The first kappa shape index (κ1) is 15.3. The van der Waals surface area contributed by atoms with Crippen LogP contribution in [0, 0.1) is 0 Å². The number of hydrogen-bond acceptors (Lipinski definition) is 3. The number of ether oxygens (including phenoxy) is 1. The van der Waals surface area contributed by atoms with Crippen molar-refractivity contribution in [1.29, 1.82) is 0 Å². The van der Waals surface area contributed by atoms with Gasteiger partial charge in [-0.05, 0) is 42.3 Å². The lowest BCUT2D eigenvalue weighted by molar-refractivity contribution is 0.264. The maximum absolute atomic E-state index is 5.91. The highest BCUT2D eigenvalue weighted by molar-refractivity contribution is 9.10. The summed E-state index contributed by atoms with van der Waals surface area (Å²) in [7, 11) is 0. The van der Waals surface area contributed by atoms with E-state index in [0.29, 0.717) is 11.6 Å². The molecule has 3 N–H and O–H groups in total. The predicted molar refractivity (Wildman–Crippen MR) is 85.9 cm³/mol. The summed E-state index contributed by atoms with van der Waals surface area (Å²) in [6.07, 6.45) is 0.796. The van der Waals surface area contributed by atoms with Crippen LogP contribution < -0.4 is 16.0 Å². The standard InChI is InChI=1S/C15H16BrClN2O/c16-12-6-4-11(5-7-12)8-14(19-18)10-20-15-3-1-2-13(17)9-15/h1-7,9,14,19H,8,10,18H2. The molecule has 0 spiro atoms. The van der Waals surface area contributed by atoms with E-state index in [0.717, 1.165) is 16.6 Å². The van der Waals surface area contributed by atoms with Crippen molar-refractivity contribution < 1.29 is 4.74 Å². The second-order valence-electron chi connectivity index (χ2n) is 4.46. The number of nitrogens with two attached hydrogens (primary N) is 1. The lowest BCUT2D eigenvalue weighted by Gasteiger charge is -2.17. The molecule has 2 aromatic rings. The summed E-state index contributed by atoms with van der Waals surface area (Å²) in [5.41, 5.74) is 3.98. The minimum atomic E-state index is 0.0372. The van der Waals surface area contributed by atoms with Gasteiger partial charge >= 0.3 is 0 Å². The third-order valence-electron chi connectivity index (χ3n) is 2.88. The van der Waals surface area contributed by atoms with E-state index < -0.39 is 0 Å². The molecule has 1 unspecified atom stereocenters. The minimum Gasteiger partial charge on any atom is -0.492 e. The average Bonchev–Trinajstić information content (AvgIpc) is 2.45. The molecular formula is C15H16BrClN2O. The van der Waals surface area contributed by atoms with Gasteiger partial charge in [0.2, 0.25) is 0 Å². The zero-order chi connectivity index (χ0) is 14.4. The van der Waals surface area contributed by atoms with Gasteiger partial charge in [-0.1, -0.05) is 45.7 Å². The van der Waals surface area contributed by atoms with Crippen LogP contribution in [0.1, 0.15) is 5.56 Å². The Labute approximate surface area is 132 Å². The lowest BCUT2D eigenvalue weighted by atomic mass is 10.1. The van der Waals surface area contributed by atoms with E-state index in [1.807, 2.05) is 30.3 Å². The summed E-state index contributed by atoms with van der Waals surface area (Å²) in [5.74, 6) is 6.32. The van der Waals surface area contributed by atoms with Crippen molar-refractivity contribution in [2.75, 3.05) is 6.61 Å². The molecule has 106 valence electrons. The fourth-order valence-electron chi connectivity index (χ4n) is 1.82. The molecule has 0 radical (unpaired) electrons. The van der Waals surface area contributed by atoms with E-state index >= 15 is 0 Å². The van der Waals surface area contributed by atoms with Gasteiger partial charge in [-0.15, -0.1) is 0 Å². The van der Waals surface area contributed by atoms with E-state index in [4.69, 9.17) is 22.2 Å². The van der Waals surface area contributed by atoms with Gasteiger partial charge in [0.15, 0.2) is 0 Å². The molecule has 2 rings (SSSR count). The fraction of sp³-hybridized carbons (Fsp3) is 0.200. The van der Waals surface area contributed by atoms with Crippen LogP contribution >= 0.6 is 27.5 Å². The van der Waals surface area contributed by atoms with Crippen LogP contribution in [0.3, 0.4) is 0 Å². The summed E-state index contributed by atoms with van der Waals surface area (Å²) in [5, 5.41) is 0.660. The molecule has 0 aromatic heterocycles. The first-order valence-corrected chi connectivity index (χ1v) is 7.43. The van der Waals surface area contributed by atoms with Crippen molar-refractivity contribution in [3.8, 4) is 5.75 Å². The van der Waals surface area contributed by atoms with E-state index in [1.54, 1.807) is 6.07 Å². The molecule has 0 aliphatic heterocycles. The van der Waals surface area contributed by atoms with Crippen molar-refractivity contribution in [3.05, 3.63) is 63.6 Å². The zero-order valence-corrected chi connectivity index (χ0v) is 13.2. The molecule has 0 amide bonds. The number of halogens is 2. The van der Waals surface area contributed by atoms with Gasteiger partial charge in [0.1, 0.15) is 12.4 Å². The Kier molecular flexibility index (Phi) is 5.86. The van der Waals surface area contributed by atoms with Crippen LogP contribution in [0.2, 0.25) is 5.02 Å². The summed E-state index contributed by atoms with van der Waals surface area (Å²) in [6.45, 7) is 0.479. The van der Waals surface area contributed by atoms with E-state index in [2.05, 4.69) is 33.5 Å². The van der Waals surface area contributed by atoms with Gasteiger partial charge in [-0.2, -0.15) is 0 Å². The van der Waals surface area contributed by atoms with Crippen LogP contribution in [0.4, 0.5) is 0 Å². The Morgan fingerprint density at radius 1 is 1.20 bits per heavy atom. The minimum absolute atomic E-state index is 0.0372. The Morgan fingerprint density at radius 2 is 1.95 bits per heavy atom.